The molecule has 0 aliphatic carbocycles. The van der Waals surface area contributed by atoms with Crippen LogP contribution in [0.3, 0.4) is 0 Å². The number of carboxylic acid groups (broad SMARTS) is 1. The Kier molecular flexibility index (Phi) is 5.39. The third-order valence-electron chi connectivity index (χ3n) is 1.89. The molecule has 1 heterocycles. The molecule has 0 saturated heterocycles. The molecule has 6 nitrogen and oxygen atoms in total. The first-order valence-electron chi connectivity index (χ1n) is 4.64. The van der Waals surface area contributed by atoms with Gasteiger partial charge in [-0.05, 0) is 27.4 Å². The molecule has 0 aliphatic heterocycles. The molecule has 94 valence electrons. The van der Waals surface area contributed by atoms with Gasteiger partial charge in [-0.15, -0.1) is 11.3 Å². The van der Waals surface area contributed by atoms with Gasteiger partial charge in [-0.25, -0.2) is 9.59 Å². The van der Waals surface area contributed by atoms with E-state index in [2.05, 4.69) is 26.6 Å². The second kappa shape index (κ2) is 6.58. The van der Waals surface area contributed by atoms with E-state index in [9.17, 15) is 9.59 Å². The van der Waals surface area contributed by atoms with E-state index in [1.807, 2.05) is 11.4 Å². The summed E-state index contributed by atoms with van der Waals surface area (Å²) in [5, 5.41) is 23.8. The summed E-state index contributed by atoms with van der Waals surface area (Å²) in [6, 6.07) is -0.0681. The van der Waals surface area contributed by atoms with E-state index in [0.29, 0.717) is 6.54 Å². The third kappa shape index (κ3) is 4.33. The number of urea groups is 1. The summed E-state index contributed by atoms with van der Waals surface area (Å²) in [4.78, 5) is 22.8. The van der Waals surface area contributed by atoms with Crippen molar-refractivity contribution in [3.63, 3.8) is 0 Å². The lowest BCUT2D eigenvalue weighted by atomic mass is 10.3. The van der Waals surface area contributed by atoms with Gasteiger partial charge in [0, 0.05) is 9.35 Å². The maximum atomic E-state index is 11.3. The van der Waals surface area contributed by atoms with Crippen LogP contribution in [0.1, 0.15) is 4.88 Å². The molecule has 0 aliphatic rings. The summed E-state index contributed by atoms with van der Waals surface area (Å²) in [6.45, 7) is -0.354. The number of aliphatic hydroxyl groups is 1. The van der Waals surface area contributed by atoms with E-state index in [1.165, 1.54) is 11.3 Å². The number of halogens is 1. The Morgan fingerprint density at radius 2 is 2.24 bits per heavy atom. The van der Waals surface area contributed by atoms with E-state index < -0.39 is 24.6 Å². The zero-order chi connectivity index (χ0) is 12.8. The van der Waals surface area contributed by atoms with Gasteiger partial charge in [-0.1, -0.05) is 0 Å². The van der Waals surface area contributed by atoms with Crippen LogP contribution in [0.4, 0.5) is 4.79 Å². The van der Waals surface area contributed by atoms with Crippen molar-refractivity contribution in [3.05, 3.63) is 20.8 Å². The summed E-state index contributed by atoms with van der Waals surface area (Å²) >= 11 is 4.78. The number of rotatable bonds is 5. The minimum absolute atomic E-state index is 0.294. The van der Waals surface area contributed by atoms with Gasteiger partial charge < -0.3 is 20.8 Å². The van der Waals surface area contributed by atoms with Gasteiger partial charge in [-0.3, -0.25) is 0 Å². The lowest BCUT2D eigenvalue weighted by molar-refractivity contribution is -0.140. The maximum absolute atomic E-state index is 11.3. The Hall–Kier alpha value is -1.12. The van der Waals surface area contributed by atoms with Crippen molar-refractivity contribution >= 4 is 39.3 Å². The molecule has 17 heavy (non-hydrogen) atoms. The van der Waals surface area contributed by atoms with E-state index >= 15 is 0 Å². The van der Waals surface area contributed by atoms with Crippen LogP contribution < -0.4 is 10.6 Å². The van der Waals surface area contributed by atoms with E-state index in [1.54, 1.807) is 0 Å². The summed E-state index contributed by atoms with van der Waals surface area (Å²) < 4.78 is 0.889. The molecule has 1 rings (SSSR count). The number of aliphatic carboxylic acids is 1. The topological polar surface area (TPSA) is 98.7 Å². The van der Waals surface area contributed by atoms with Crippen molar-refractivity contribution in [2.45, 2.75) is 12.6 Å². The van der Waals surface area contributed by atoms with Gasteiger partial charge in [0.1, 0.15) is 0 Å². The third-order valence-corrected chi connectivity index (χ3v) is 3.81. The minimum Gasteiger partial charge on any atom is -0.480 e. The average molecular weight is 323 g/mol. The lowest BCUT2D eigenvalue weighted by Crippen LogP contribution is -2.47. The van der Waals surface area contributed by atoms with Crippen LogP contribution in [-0.4, -0.2) is 34.9 Å². The predicted molar refractivity (Wildman–Crippen MR) is 65.9 cm³/mol. The Labute approximate surface area is 110 Å². The number of amides is 2. The second-order valence-electron chi connectivity index (χ2n) is 3.09. The number of carboxylic acids is 1. The normalized spacial score (nSPS) is 11.9. The fourth-order valence-corrected chi connectivity index (χ4v) is 2.44. The van der Waals surface area contributed by atoms with Gasteiger partial charge in [0.05, 0.1) is 13.2 Å². The fraction of sp³-hybridized carbons (Fsp3) is 0.333. The molecule has 1 atom stereocenters. The fourth-order valence-electron chi connectivity index (χ4n) is 1.01. The summed E-state index contributed by atoms with van der Waals surface area (Å²) in [7, 11) is 0. The molecule has 2 amide bonds. The highest BCUT2D eigenvalue weighted by molar-refractivity contribution is 9.10. The van der Waals surface area contributed by atoms with Crippen molar-refractivity contribution in [2.75, 3.05) is 6.61 Å². The molecule has 0 spiro atoms. The van der Waals surface area contributed by atoms with Crippen molar-refractivity contribution in [3.8, 4) is 0 Å². The molecule has 8 heteroatoms. The zero-order valence-electron chi connectivity index (χ0n) is 8.64. The molecule has 1 aromatic heterocycles. The number of aliphatic hydroxyl groups excluding tert-OH is 1. The number of nitrogens with one attached hydrogen (secondary N) is 2. The summed E-state index contributed by atoms with van der Waals surface area (Å²) in [6.07, 6.45) is 0. The molecule has 0 bridgehead atoms. The SMILES string of the molecule is O=C(NCc1sccc1Br)N[C@@H](CO)C(=O)O. The van der Waals surface area contributed by atoms with Crippen molar-refractivity contribution in [1.29, 1.82) is 0 Å². The molecule has 0 saturated carbocycles. The van der Waals surface area contributed by atoms with Gasteiger partial charge >= 0.3 is 12.0 Å². The van der Waals surface area contributed by atoms with Crippen LogP contribution in [0.15, 0.2) is 15.9 Å². The highest BCUT2D eigenvalue weighted by Gasteiger charge is 2.18. The van der Waals surface area contributed by atoms with Crippen LogP contribution in [0.5, 0.6) is 0 Å². The molecule has 4 N–H and O–H groups in total. The second-order valence-corrected chi connectivity index (χ2v) is 4.95. The number of hydrogen-bond donors (Lipinski definition) is 4. The molecule has 0 radical (unpaired) electrons. The largest absolute Gasteiger partial charge is 0.480 e. The molecular weight excluding hydrogens is 312 g/mol. The Morgan fingerprint density at radius 3 is 2.71 bits per heavy atom. The Bertz CT molecular complexity index is 409. The number of carbonyl (C=O) groups is 2. The van der Waals surface area contributed by atoms with Crippen molar-refractivity contribution in [2.24, 2.45) is 0 Å². The van der Waals surface area contributed by atoms with Gasteiger partial charge in [0.25, 0.3) is 0 Å². The lowest BCUT2D eigenvalue weighted by Gasteiger charge is -2.12. The van der Waals surface area contributed by atoms with Crippen LogP contribution in [0, 0.1) is 0 Å². The highest BCUT2D eigenvalue weighted by atomic mass is 79.9. The average Bonchev–Trinajstić information content (AvgIpc) is 2.68. The van der Waals surface area contributed by atoms with Crippen LogP contribution >= 0.6 is 27.3 Å². The molecule has 1 aromatic rings. The minimum atomic E-state index is -1.29. The van der Waals surface area contributed by atoms with Gasteiger partial charge in [-0.2, -0.15) is 0 Å². The summed E-state index contributed by atoms with van der Waals surface area (Å²) in [5.41, 5.74) is 0. The van der Waals surface area contributed by atoms with E-state index in [-0.39, 0.29) is 0 Å². The van der Waals surface area contributed by atoms with E-state index in [0.717, 1.165) is 9.35 Å². The number of carbonyl (C=O) groups excluding carboxylic acids is 1. The van der Waals surface area contributed by atoms with Crippen LogP contribution in [-0.2, 0) is 11.3 Å². The first-order chi connectivity index (χ1) is 8.04. The molecular formula is C9H11BrN2O4S. The Balaban J connectivity index is 2.40. The van der Waals surface area contributed by atoms with Gasteiger partial charge in [0.2, 0.25) is 0 Å². The molecule has 0 aromatic carbocycles. The maximum Gasteiger partial charge on any atom is 0.328 e. The van der Waals surface area contributed by atoms with Crippen LogP contribution in [0.2, 0.25) is 0 Å². The molecule has 0 unspecified atom stereocenters. The number of hydrogen-bond acceptors (Lipinski definition) is 4. The Morgan fingerprint density at radius 1 is 1.53 bits per heavy atom. The van der Waals surface area contributed by atoms with Crippen molar-refractivity contribution < 1.29 is 19.8 Å². The first-order valence-corrected chi connectivity index (χ1v) is 6.31. The first kappa shape index (κ1) is 13.9. The zero-order valence-corrected chi connectivity index (χ0v) is 11.0. The predicted octanol–water partition coefficient (Wildman–Crippen LogP) is 0.755. The quantitative estimate of drug-likeness (QED) is 0.643. The highest BCUT2D eigenvalue weighted by Crippen LogP contribution is 2.21. The standard InChI is InChI=1S/C9H11BrN2O4S/c10-5-1-2-17-7(5)3-11-9(16)12-6(4-13)8(14)15/h1-2,6,13H,3-4H2,(H,14,15)(H2,11,12,16)/t6-/m0/s1. The molecule has 0 fully saturated rings. The number of thiophene rings is 1. The van der Waals surface area contributed by atoms with Crippen LogP contribution in [0.25, 0.3) is 0 Å². The smallest absolute Gasteiger partial charge is 0.328 e. The van der Waals surface area contributed by atoms with E-state index in [4.69, 9.17) is 10.2 Å². The monoisotopic (exact) mass is 322 g/mol. The van der Waals surface area contributed by atoms with Crippen molar-refractivity contribution in [1.82, 2.24) is 10.6 Å². The van der Waals surface area contributed by atoms with Gasteiger partial charge in [0.15, 0.2) is 6.04 Å². The summed E-state index contributed by atoms with van der Waals surface area (Å²) in [5.74, 6) is -1.28.